The molecule has 0 spiro atoms. The molecule has 0 bridgehead atoms. The fourth-order valence-electron chi connectivity index (χ4n) is 1.50. The lowest BCUT2D eigenvalue weighted by molar-refractivity contribution is 0.0466. The van der Waals surface area contributed by atoms with Crippen LogP contribution in [-0.4, -0.2) is 5.97 Å². The molecule has 2 aromatic carbocycles. The van der Waals surface area contributed by atoms with E-state index >= 15 is 0 Å². The molecule has 0 unspecified atom stereocenters. The predicted molar refractivity (Wildman–Crippen MR) is 66.9 cm³/mol. The third kappa shape index (κ3) is 3.09. The van der Waals surface area contributed by atoms with E-state index in [1.165, 1.54) is 6.07 Å². The van der Waals surface area contributed by atoms with Gasteiger partial charge in [0, 0.05) is 10.6 Å². The second kappa shape index (κ2) is 5.80. The molecule has 19 heavy (non-hydrogen) atoms. The molecule has 0 fully saturated rings. The van der Waals surface area contributed by atoms with Crippen molar-refractivity contribution in [3.63, 3.8) is 0 Å². The van der Waals surface area contributed by atoms with Crippen molar-refractivity contribution in [3.05, 3.63) is 70.2 Å². The predicted octanol–water partition coefficient (Wildman–Crippen LogP) is 3.98. The first-order chi connectivity index (χ1) is 9.09. The maximum Gasteiger partial charge on any atom is 0.341 e. The minimum absolute atomic E-state index is 0.103. The van der Waals surface area contributed by atoms with Crippen LogP contribution in [0.25, 0.3) is 0 Å². The Morgan fingerprint density at radius 3 is 2.58 bits per heavy atom. The highest BCUT2D eigenvalue weighted by Gasteiger charge is 2.16. The van der Waals surface area contributed by atoms with Crippen molar-refractivity contribution >= 4 is 17.6 Å². The molecule has 0 aliphatic heterocycles. The molecule has 5 heteroatoms. The summed E-state index contributed by atoms with van der Waals surface area (Å²) in [6.07, 6.45) is 0. The van der Waals surface area contributed by atoms with E-state index < -0.39 is 23.2 Å². The summed E-state index contributed by atoms with van der Waals surface area (Å²) < 4.78 is 31.2. The molecule has 0 amide bonds. The van der Waals surface area contributed by atoms with Gasteiger partial charge in [0.05, 0.1) is 5.56 Å². The van der Waals surface area contributed by atoms with Crippen molar-refractivity contribution < 1.29 is 18.3 Å². The molecule has 0 heterocycles. The molecule has 0 saturated carbocycles. The number of esters is 1. The van der Waals surface area contributed by atoms with E-state index in [0.717, 1.165) is 12.1 Å². The van der Waals surface area contributed by atoms with Gasteiger partial charge in [-0.3, -0.25) is 0 Å². The summed E-state index contributed by atoms with van der Waals surface area (Å²) in [5.41, 5.74) is 0.154. The standard InChI is InChI=1S/C14H9ClF2O2/c15-11-6-2-1-4-9(11)8-19-14(18)10-5-3-7-12(16)13(10)17/h1-7H,8H2. The van der Waals surface area contributed by atoms with Gasteiger partial charge in [0.1, 0.15) is 6.61 Å². The third-order valence-electron chi connectivity index (χ3n) is 2.49. The Labute approximate surface area is 113 Å². The van der Waals surface area contributed by atoms with Gasteiger partial charge in [0.15, 0.2) is 11.6 Å². The number of hydrogen-bond acceptors (Lipinski definition) is 2. The normalized spacial score (nSPS) is 10.3. The van der Waals surface area contributed by atoms with Crippen molar-refractivity contribution in [1.82, 2.24) is 0 Å². The van der Waals surface area contributed by atoms with E-state index in [0.29, 0.717) is 10.6 Å². The smallest absolute Gasteiger partial charge is 0.341 e. The SMILES string of the molecule is O=C(OCc1ccccc1Cl)c1cccc(F)c1F. The van der Waals surface area contributed by atoms with Crippen molar-refractivity contribution in [2.24, 2.45) is 0 Å². The summed E-state index contributed by atoms with van der Waals surface area (Å²) in [5, 5.41) is 0.440. The van der Waals surface area contributed by atoms with Gasteiger partial charge in [-0.2, -0.15) is 0 Å². The van der Waals surface area contributed by atoms with Gasteiger partial charge in [-0.15, -0.1) is 0 Å². The molecule has 0 aliphatic carbocycles. The minimum Gasteiger partial charge on any atom is -0.457 e. The Hall–Kier alpha value is -1.94. The maximum atomic E-state index is 13.4. The van der Waals surface area contributed by atoms with E-state index in [2.05, 4.69) is 0 Å². The highest BCUT2D eigenvalue weighted by atomic mass is 35.5. The monoisotopic (exact) mass is 282 g/mol. The van der Waals surface area contributed by atoms with E-state index in [4.69, 9.17) is 16.3 Å². The third-order valence-corrected chi connectivity index (χ3v) is 2.86. The zero-order valence-electron chi connectivity index (χ0n) is 9.70. The zero-order chi connectivity index (χ0) is 13.8. The molecule has 0 saturated heterocycles. The summed E-state index contributed by atoms with van der Waals surface area (Å²) >= 11 is 5.88. The number of benzene rings is 2. The molecule has 0 radical (unpaired) electrons. The summed E-state index contributed by atoms with van der Waals surface area (Å²) in [6, 6.07) is 10.1. The van der Waals surface area contributed by atoms with Gasteiger partial charge in [0.2, 0.25) is 0 Å². The Morgan fingerprint density at radius 2 is 1.84 bits per heavy atom. The van der Waals surface area contributed by atoms with Crippen molar-refractivity contribution in [2.75, 3.05) is 0 Å². The average molecular weight is 283 g/mol. The van der Waals surface area contributed by atoms with Gasteiger partial charge in [-0.05, 0) is 18.2 Å². The Kier molecular flexibility index (Phi) is 4.12. The Balaban J connectivity index is 2.10. The van der Waals surface area contributed by atoms with Crippen LogP contribution in [0.5, 0.6) is 0 Å². The maximum absolute atomic E-state index is 13.4. The molecule has 2 nitrogen and oxygen atoms in total. The lowest BCUT2D eigenvalue weighted by Gasteiger charge is -2.07. The highest BCUT2D eigenvalue weighted by Crippen LogP contribution is 2.17. The molecule has 2 aromatic rings. The van der Waals surface area contributed by atoms with E-state index in [9.17, 15) is 13.6 Å². The average Bonchev–Trinajstić information content (AvgIpc) is 2.40. The molecule has 0 aliphatic rings. The number of carbonyl (C=O) groups is 1. The number of halogens is 3. The first kappa shape index (κ1) is 13.5. The molecule has 0 N–H and O–H groups in total. The molecule has 98 valence electrons. The molecular weight excluding hydrogens is 274 g/mol. The van der Waals surface area contributed by atoms with Crippen LogP contribution in [0.2, 0.25) is 5.02 Å². The first-order valence-corrected chi connectivity index (χ1v) is 5.82. The zero-order valence-corrected chi connectivity index (χ0v) is 10.5. The van der Waals surface area contributed by atoms with E-state index in [-0.39, 0.29) is 6.61 Å². The lowest BCUT2D eigenvalue weighted by Crippen LogP contribution is -2.08. The van der Waals surface area contributed by atoms with Gasteiger partial charge >= 0.3 is 5.97 Å². The Morgan fingerprint density at radius 1 is 1.11 bits per heavy atom. The van der Waals surface area contributed by atoms with Crippen LogP contribution in [0.15, 0.2) is 42.5 Å². The quantitative estimate of drug-likeness (QED) is 0.796. The second-order valence-electron chi connectivity index (χ2n) is 3.77. The number of carbonyl (C=O) groups excluding carboxylic acids is 1. The van der Waals surface area contributed by atoms with E-state index in [1.807, 2.05) is 0 Å². The van der Waals surface area contributed by atoms with Crippen LogP contribution >= 0.6 is 11.6 Å². The van der Waals surface area contributed by atoms with Crippen molar-refractivity contribution in [3.8, 4) is 0 Å². The molecule has 0 aromatic heterocycles. The van der Waals surface area contributed by atoms with Crippen molar-refractivity contribution in [1.29, 1.82) is 0 Å². The summed E-state index contributed by atoms with van der Waals surface area (Å²) in [4.78, 5) is 11.6. The largest absolute Gasteiger partial charge is 0.457 e. The molecular formula is C14H9ClF2O2. The summed E-state index contributed by atoms with van der Waals surface area (Å²) in [6.45, 7) is -0.103. The fraction of sp³-hybridized carbons (Fsp3) is 0.0714. The topological polar surface area (TPSA) is 26.3 Å². The number of hydrogen-bond donors (Lipinski definition) is 0. The highest BCUT2D eigenvalue weighted by molar-refractivity contribution is 6.31. The van der Waals surface area contributed by atoms with Gasteiger partial charge < -0.3 is 4.74 Å². The summed E-state index contributed by atoms with van der Waals surface area (Å²) in [7, 11) is 0. The van der Waals surface area contributed by atoms with Crippen LogP contribution in [0.1, 0.15) is 15.9 Å². The van der Waals surface area contributed by atoms with Crippen LogP contribution in [0.3, 0.4) is 0 Å². The number of ether oxygens (including phenoxy) is 1. The molecule has 2 rings (SSSR count). The van der Waals surface area contributed by atoms with Crippen LogP contribution < -0.4 is 0 Å². The van der Waals surface area contributed by atoms with Crippen LogP contribution in [0.4, 0.5) is 8.78 Å². The molecule has 0 atom stereocenters. The first-order valence-electron chi connectivity index (χ1n) is 5.44. The fourth-order valence-corrected chi connectivity index (χ4v) is 1.69. The lowest BCUT2D eigenvalue weighted by atomic mass is 10.2. The van der Waals surface area contributed by atoms with Crippen LogP contribution in [0, 0.1) is 11.6 Å². The van der Waals surface area contributed by atoms with Gasteiger partial charge in [-0.25, -0.2) is 13.6 Å². The van der Waals surface area contributed by atoms with Gasteiger partial charge in [-0.1, -0.05) is 35.9 Å². The van der Waals surface area contributed by atoms with Gasteiger partial charge in [0.25, 0.3) is 0 Å². The summed E-state index contributed by atoms with van der Waals surface area (Å²) in [5.74, 6) is -3.24. The van der Waals surface area contributed by atoms with Crippen molar-refractivity contribution in [2.45, 2.75) is 6.61 Å². The minimum atomic E-state index is -1.22. The van der Waals surface area contributed by atoms with Crippen LogP contribution in [-0.2, 0) is 11.3 Å². The Bertz CT molecular complexity index is 614. The van der Waals surface area contributed by atoms with E-state index in [1.54, 1.807) is 24.3 Å². The number of rotatable bonds is 3. The second-order valence-corrected chi connectivity index (χ2v) is 4.18.